The average molecular weight is 546 g/mol. The Morgan fingerprint density at radius 1 is 1.03 bits per heavy atom. The van der Waals surface area contributed by atoms with Gasteiger partial charge in [0.15, 0.2) is 11.9 Å². The second-order valence-electron chi connectivity index (χ2n) is 11.5. The first-order chi connectivity index (χ1) is 18.2. The molecule has 216 valence electrons. The van der Waals surface area contributed by atoms with E-state index in [2.05, 4.69) is 0 Å². The quantitative estimate of drug-likeness (QED) is 0.313. The van der Waals surface area contributed by atoms with Gasteiger partial charge in [-0.2, -0.15) is 0 Å². The van der Waals surface area contributed by atoms with Crippen LogP contribution in [0.1, 0.15) is 67.4 Å². The molecule has 1 amide bonds. The standard InChI is InChI=1S/C30H43NO8/c1-10-35-21-18-16-20(17-19-21)14-12-11-13-15-22-24(38-30(7,8)36-22)23-25(26(32)34-9)37-29(5,6)31(23)27(33)39-28(2,3)4/h11-14,16-19,22-25H,10,15H2,1-9H3/b13-11+,14-12+/t22-,23+,24+,25-/m0/s1. The molecular formula is C30H43NO8. The Balaban J connectivity index is 1.82. The van der Waals surface area contributed by atoms with Gasteiger partial charge in [0.05, 0.1) is 19.8 Å². The number of hydrogen-bond donors (Lipinski definition) is 0. The first kappa shape index (κ1) is 30.7. The number of ether oxygens (including phenoxy) is 6. The first-order valence-corrected chi connectivity index (χ1v) is 13.4. The summed E-state index contributed by atoms with van der Waals surface area (Å²) in [5.74, 6) is -0.698. The second-order valence-corrected chi connectivity index (χ2v) is 11.5. The fraction of sp³-hybridized carbons (Fsp3) is 0.600. The SMILES string of the molecule is CCOc1ccc(/C=C/C=C/C[C@@H]2OC(C)(C)O[C@H]2[C@@H]2[C@@H](C(=O)OC)OC(C)(C)N2C(=O)OC(C)(C)C)cc1. The molecule has 0 saturated carbocycles. The number of nitrogens with zero attached hydrogens (tertiary/aromatic N) is 1. The van der Waals surface area contributed by atoms with Gasteiger partial charge in [-0.25, -0.2) is 9.59 Å². The van der Waals surface area contributed by atoms with Gasteiger partial charge in [0.1, 0.15) is 29.2 Å². The van der Waals surface area contributed by atoms with Gasteiger partial charge < -0.3 is 28.4 Å². The van der Waals surface area contributed by atoms with Crippen LogP contribution < -0.4 is 4.74 Å². The molecular weight excluding hydrogens is 502 g/mol. The van der Waals surface area contributed by atoms with E-state index in [1.54, 1.807) is 48.5 Å². The molecule has 0 aromatic heterocycles. The predicted octanol–water partition coefficient (Wildman–Crippen LogP) is 5.48. The summed E-state index contributed by atoms with van der Waals surface area (Å²) >= 11 is 0. The van der Waals surface area contributed by atoms with Crippen LogP contribution in [0.25, 0.3) is 6.08 Å². The van der Waals surface area contributed by atoms with Gasteiger partial charge in [-0.1, -0.05) is 36.4 Å². The number of allylic oxidation sites excluding steroid dienone is 2. The van der Waals surface area contributed by atoms with Crippen molar-refractivity contribution in [2.45, 2.75) is 103 Å². The molecule has 0 bridgehead atoms. The first-order valence-electron chi connectivity index (χ1n) is 13.4. The van der Waals surface area contributed by atoms with Gasteiger partial charge in [-0.15, -0.1) is 0 Å². The Kier molecular flexibility index (Phi) is 9.51. The predicted molar refractivity (Wildman–Crippen MR) is 147 cm³/mol. The molecule has 3 rings (SSSR count). The van der Waals surface area contributed by atoms with E-state index in [0.29, 0.717) is 13.0 Å². The summed E-state index contributed by atoms with van der Waals surface area (Å²) in [6.07, 6.45) is 5.49. The summed E-state index contributed by atoms with van der Waals surface area (Å²) in [6, 6.07) is 7.01. The van der Waals surface area contributed by atoms with Crippen molar-refractivity contribution >= 4 is 18.1 Å². The molecule has 0 unspecified atom stereocenters. The van der Waals surface area contributed by atoms with Crippen molar-refractivity contribution in [2.24, 2.45) is 0 Å². The van der Waals surface area contributed by atoms with Gasteiger partial charge in [-0.3, -0.25) is 4.90 Å². The molecule has 0 radical (unpaired) electrons. The summed E-state index contributed by atoms with van der Waals surface area (Å²) in [4.78, 5) is 27.7. The minimum absolute atomic E-state index is 0.463. The van der Waals surface area contributed by atoms with E-state index in [1.165, 1.54) is 12.0 Å². The van der Waals surface area contributed by atoms with Crippen LogP contribution >= 0.6 is 0 Å². The minimum atomic E-state index is -1.15. The Morgan fingerprint density at radius 3 is 2.28 bits per heavy atom. The normalized spacial score (nSPS) is 26.3. The molecule has 39 heavy (non-hydrogen) atoms. The van der Waals surface area contributed by atoms with Crippen LogP contribution in [-0.4, -0.2) is 72.1 Å². The van der Waals surface area contributed by atoms with Crippen molar-refractivity contribution < 1.29 is 38.0 Å². The fourth-order valence-corrected chi connectivity index (χ4v) is 4.84. The number of carbonyl (C=O) groups excluding carboxylic acids is 2. The Morgan fingerprint density at radius 2 is 1.69 bits per heavy atom. The molecule has 1 aromatic rings. The fourth-order valence-electron chi connectivity index (χ4n) is 4.84. The third kappa shape index (κ3) is 7.84. The molecule has 0 spiro atoms. The van der Waals surface area contributed by atoms with Crippen LogP contribution in [0.5, 0.6) is 5.75 Å². The van der Waals surface area contributed by atoms with Crippen molar-refractivity contribution in [3.8, 4) is 5.75 Å². The lowest BCUT2D eigenvalue weighted by Gasteiger charge is -2.37. The molecule has 2 aliphatic rings. The van der Waals surface area contributed by atoms with Crippen LogP contribution in [-0.2, 0) is 28.5 Å². The summed E-state index contributed by atoms with van der Waals surface area (Å²) < 4.78 is 34.9. The second kappa shape index (κ2) is 12.1. The lowest BCUT2D eigenvalue weighted by atomic mass is 9.96. The van der Waals surface area contributed by atoms with E-state index in [1.807, 2.05) is 55.5 Å². The van der Waals surface area contributed by atoms with Crippen LogP contribution in [0.4, 0.5) is 4.79 Å². The highest BCUT2D eigenvalue weighted by Gasteiger charge is 2.61. The van der Waals surface area contributed by atoms with Gasteiger partial charge in [0, 0.05) is 0 Å². The maximum absolute atomic E-state index is 13.4. The number of hydrogen-bond acceptors (Lipinski definition) is 8. The van der Waals surface area contributed by atoms with Crippen molar-refractivity contribution in [1.82, 2.24) is 4.90 Å². The number of methoxy groups -OCH3 is 1. The largest absolute Gasteiger partial charge is 0.494 e. The van der Waals surface area contributed by atoms with E-state index in [4.69, 9.17) is 28.4 Å². The molecule has 9 nitrogen and oxygen atoms in total. The highest BCUT2D eigenvalue weighted by Crippen LogP contribution is 2.42. The molecule has 2 heterocycles. The van der Waals surface area contributed by atoms with E-state index >= 15 is 0 Å². The zero-order valence-corrected chi connectivity index (χ0v) is 24.6. The Hall–Kier alpha value is -2.88. The highest BCUT2D eigenvalue weighted by atomic mass is 16.8. The molecule has 0 aliphatic carbocycles. The molecule has 2 aliphatic heterocycles. The average Bonchev–Trinajstić information content (AvgIpc) is 3.29. The van der Waals surface area contributed by atoms with Crippen LogP contribution in [0.15, 0.2) is 42.5 Å². The summed E-state index contributed by atoms with van der Waals surface area (Å²) in [5, 5.41) is 0. The smallest absolute Gasteiger partial charge is 0.413 e. The third-order valence-corrected chi connectivity index (χ3v) is 6.28. The Bertz CT molecular complexity index is 1050. The number of amides is 1. The maximum atomic E-state index is 13.4. The van der Waals surface area contributed by atoms with E-state index in [0.717, 1.165) is 11.3 Å². The zero-order valence-electron chi connectivity index (χ0n) is 24.6. The maximum Gasteiger partial charge on any atom is 0.413 e. The van der Waals surface area contributed by atoms with Crippen LogP contribution in [0, 0.1) is 0 Å². The lowest BCUT2D eigenvalue weighted by Crippen LogP contribution is -2.57. The molecule has 2 saturated heterocycles. The van der Waals surface area contributed by atoms with E-state index < -0.39 is 53.5 Å². The number of esters is 1. The topological polar surface area (TPSA) is 92.8 Å². The summed E-state index contributed by atoms with van der Waals surface area (Å²) in [7, 11) is 1.29. The third-order valence-electron chi connectivity index (χ3n) is 6.28. The lowest BCUT2D eigenvalue weighted by molar-refractivity contribution is -0.162. The van der Waals surface area contributed by atoms with Crippen LogP contribution in [0.2, 0.25) is 0 Å². The van der Waals surface area contributed by atoms with Crippen molar-refractivity contribution in [1.29, 1.82) is 0 Å². The van der Waals surface area contributed by atoms with Gasteiger partial charge in [-0.05, 0) is 79.5 Å². The monoisotopic (exact) mass is 545 g/mol. The Labute approximate surface area is 232 Å². The van der Waals surface area contributed by atoms with Crippen molar-refractivity contribution in [3.05, 3.63) is 48.1 Å². The van der Waals surface area contributed by atoms with Gasteiger partial charge >= 0.3 is 12.1 Å². The molecule has 4 atom stereocenters. The van der Waals surface area contributed by atoms with Crippen molar-refractivity contribution in [2.75, 3.05) is 13.7 Å². The molecule has 9 heteroatoms. The number of carbonyl (C=O) groups is 2. The summed E-state index contributed by atoms with van der Waals surface area (Å²) in [5.41, 5.74) is -0.852. The van der Waals surface area contributed by atoms with E-state index in [-0.39, 0.29) is 0 Å². The van der Waals surface area contributed by atoms with Gasteiger partial charge in [0.25, 0.3) is 0 Å². The van der Waals surface area contributed by atoms with Crippen molar-refractivity contribution in [3.63, 3.8) is 0 Å². The highest BCUT2D eigenvalue weighted by molar-refractivity contribution is 5.79. The molecule has 0 N–H and O–H groups in total. The van der Waals surface area contributed by atoms with Crippen LogP contribution in [0.3, 0.4) is 0 Å². The molecule has 1 aromatic carbocycles. The molecule has 2 fully saturated rings. The number of benzene rings is 1. The minimum Gasteiger partial charge on any atom is -0.494 e. The van der Waals surface area contributed by atoms with E-state index in [9.17, 15) is 9.59 Å². The number of rotatable bonds is 8. The summed E-state index contributed by atoms with van der Waals surface area (Å²) in [6.45, 7) is 15.0. The zero-order chi connectivity index (χ0) is 29.0. The van der Waals surface area contributed by atoms with Gasteiger partial charge in [0.2, 0.25) is 0 Å².